The van der Waals surface area contributed by atoms with Gasteiger partial charge in [-0.25, -0.2) is 0 Å². The molecule has 1 heterocycles. The van der Waals surface area contributed by atoms with E-state index in [-0.39, 0.29) is 18.4 Å². The van der Waals surface area contributed by atoms with E-state index in [9.17, 15) is 9.90 Å². The first-order valence-corrected chi connectivity index (χ1v) is 10.4. The molecule has 1 aromatic carbocycles. The highest BCUT2D eigenvalue weighted by atomic mass is 16.3. The zero-order valence-corrected chi connectivity index (χ0v) is 16.0. The van der Waals surface area contributed by atoms with Crippen molar-refractivity contribution in [2.45, 2.75) is 51.5 Å². The van der Waals surface area contributed by atoms with Crippen LogP contribution in [0.4, 0.5) is 0 Å². The Bertz CT molecular complexity index is 534. The lowest BCUT2D eigenvalue weighted by molar-refractivity contribution is -0.138. The molecule has 1 aliphatic carbocycles. The summed E-state index contributed by atoms with van der Waals surface area (Å²) >= 11 is 0. The molecule has 1 N–H and O–H groups in total. The average Bonchev–Trinajstić information content (AvgIpc) is 2.69. The first kappa shape index (κ1) is 19.4. The van der Waals surface area contributed by atoms with E-state index in [4.69, 9.17) is 0 Å². The number of nitrogens with zero attached hydrogens (tertiary/aromatic N) is 2. The molecule has 144 valence electrons. The number of amides is 1. The summed E-state index contributed by atoms with van der Waals surface area (Å²) in [5, 5.41) is 9.38. The summed E-state index contributed by atoms with van der Waals surface area (Å²) in [6.45, 7) is 4.37. The van der Waals surface area contributed by atoms with Crippen LogP contribution in [-0.4, -0.2) is 53.6 Å². The van der Waals surface area contributed by atoms with Gasteiger partial charge in [-0.3, -0.25) is 4.79 Å². The van der Waals surface area contributed by atoms with E-state index in [1.165, 1.54) is 38.6 Å². The third-order valence-electron chi connectivity index (χ3n) is 6.08. The topological polar surface area (TPSA) is 43.8 Å². The maximum absolute atomic E-state index is 13.0. The molecule has 4 nitrogen and oxygen atoms in total. The van der Waals surface area contributed by atoms with E-state index in [2.05, 4.69) is 4.90 Å². The monoisotopic (exact) mass is 358 g/mol. The molecule has 1 saturated carbocycles. The molecule has 1 saturated heterocycles. The number of carbonyl (C=O) groups excluding carboxylic acids is 1. The van der Waals surface area contributed by atoms with Gasteiger partial charge in [-0.2, -0.15) is 0 Å². The molecule has 0 aromatic heterocycles. The Morgan fingerprint density at radius 1 is 1.04 bits per heavy atom. The standard InChI is InChI=1S/C22H34N2O2/c25-16-15-24(18-20-9-5-2-6-10-20)22(26)21-11-13-23(14-12-21)17-19-7-3-1-4-8-19/h2,5-6,9-10,19,21,25H,1,3-4,7-8,11-18H2. The Morgan fingerprint density at radius 3 is 2.38 bits per heavy atom. The van der Waals surface area contributed by atoms with E-state index < -0.39 is 0 Å². The van der Waals surface area contributed by atoms with Crippen LogP contribution in [0.1, 0.15) is 50.5 Å². The molecular formula is C22H34N2O2. The highest BCUT2D eigenvalue weighted by Gasteiger charge is 2.29. The predicted molar refractivity (Wildman–Crippen MR) is 105 cm³/mol. The van der Waals surface area contributed by atoms with Gasteiger partial charge in [0.15, 0.2) is 0 Å². The largest absolute Gasteiger partial charge is 0.395 e. The van der Waals surface area contributed by atoms with E-state index in [0.29, 0.717) is 13.1 Å². The lowest BCUT2D eigenvalue weighted by Gasteiger charge is -2.36. The number of rotatable bonds is 7. The van der Waals surface area contributed by atoms with E-state index in [0.717, 1.165) is 37.4 Å². The van der Waals surface area contributed by atoms with Gasteiger partial charge in [0.2, 0.25) is 5.91 Å². The number of hydrogen-bond acceptors (Lipinski definition) is 3. The van der Waals surface area contributed by atoms with Crippen molar-refractivity contribution in [1.82, 2.24) is 9.80 Å². The van der Waals surface area contributed by atoms with Crippen LogP contribution in [-0.2, 0) is 11.3 Å². The third kappa shape index (κ3) is 5.55. The first-order valence-electron chi connectivity index (χ1n) is 10.4. The van der Waals surface area contributed by atoms with Crippen molar-refractivity contribution in [3.8, 4) is 0 Å². The molecule has 0 spiro atoms. The van der Waals surface area contributed by atoms with Crippen LogP contribution in [0.2, 0.25) is 0 Å². The summed E-state index contributed by atoms with van der Waals surface area (Å²) in [5.41, 5.74) is 1.13. The van der Waals surface area contributed by atoms with Crippen LogP contribution in [0.5, 0.6) is 0 Å². The fourth-order valence-corrected chi connectivity index (χ4v) is 4.55. The van der Waals surface area contributed by atoms with Crippen molar-refractivity contribution >= 4 is 5.91 Å². The summed E-state index contributed by atoms with van der Waals surface area (Å²) in [6.07, 6.45) is 8.91. The molecule has 4 heteroatoms. The summed E-state index contributed by atoms with van der Waals surface area (Å²) in [5.74, 6) is 1.22. The van der Waals surface area contributed by atoms with Gasteiger partial charge < -0.3 is 14.9 Å². The lowest BCUT2D eigenvalue weighted by Crippen LogP contribution is -2.44. The smallest absolute Gasteiger partial charge is 0.226 e. The second-order valence-electron chi connectivity index (χ2n) is 8.05. The van der Waals surface area contributed by atoms with E-state index in [1.54, 1.807) is 0 Å². The van der Waals surface area contributed by atoms with Crippen LogP contribution >= 0.6 is 0 Å². The number of aliphatic hydroxyl groups is 1. The zero-order valence-electron chi connectivity index (χ0n) is 16.0. The molecule has 2 aliphatic rings. The Balaban J connectivity index is 1.49. The summed E-state index contributed by atoms with van der Waals surface area (Å²) in [7, 11) is 0. The van der Waals surface area contributed by atoms with Gasteiger partial charge in [-0.1, -0.05) is 49.6 Å². The van der Waals surface area contributed by atoms with Gasteiger partial charge in [-0.15, -0.1) is 0 Å². The number of carbonyl (C=O) groups is 1. The molecule has 1 aliphatic heterocycles. The maximum Gasteiger partial charge on any atom is 0.226 e. The molecule has 0 bridgehead atoms. The second-order valence-corrected chi connectivity index (χ2v) is 8.05. The molecule has 0 radical (unpaired) electrons. The Kier molecular flexibility index (Phi) is 7.51. The minimum atomic E-state index is 0.0269. The van der Waals surface area contributed by atoms with Crippen LogP contribution in [0.25, 0.3) is 0 Å². The molecule has 0 atom stereocenters. The number of benzene rings is 1. The minimum Gasteiger partial charge on any atom is -0.395 e. The van der Waals surface area contributed by atoms with Crippen LogP contribution in [0.15, 0.2) is 30.3 Å². The summed E-state index contributed by atoms with van der Waals surface area (Å²) in [4.78, 5) is 17.4. The highest BCUT2D eigenvalue weighted by Crippen LogP contribution is 2.27. The predicted octanol–water partition coefficient (Wildman–Crippen LogP) is 3.30. The molecule has 1 amide bonds. The highest BCUT2D eigenvalue weighted by molar-refractivity contribution is 5.79. The molecule has 2 fully saturated rings. The van der Waals surface area contributed by atoms with Gasteiger partial charge in [-0.05, 0) is 50.3 Å². The molecular weight excluding hydrogens is 324 g/mol. The van der Waals surface area contributed by atoms with Crippen molar-refractivity contribution in [2.24, 2.45) is 11.8 Å². The van der Waals surface area contributed by atoms with Crippen LogP contribution in [0, 0.1) is 11.8 Å². The minimum absolute atomic E-state index is 0.0269. The normalized spacial score (nSPS) is 20.2. The van der Waals surface area contributed by atoms with Crippen molar-refractivity contribution in [2.75, 3.05) is 32.8 Å². The molecule has 0 unspecified atom stereocenters. The van der Waals surface area contributed by atoms with Gasteiger partial charge in [0.1, 0.15) is 0 Å². The third-order valence-corrected chi connectivity index (χ3v) is 6.08. The van der Waals surface area contributed by atoms with E-state index in [1.807, 2.05) is 35.2 Å². The van der Waals surface area contributed by atoms with Gasteiger partial charge in [0.25, 0.3) is 0 Å². The van der Waals surface area contributed by atoms with Gasteiger partial charge >= 0.3 is 0 Å². The maximum atomic E-state index is 13.0. The fraction of sp³-hybridized carbons (Fsp3) is 0.682. The Morgan fingerprint density at radius 2 is 1.73 bits per heavy atom. The number of piperidine rings is 1. The zero-order chi connectivity index (χ0) is 18.2. The summed E-state index contributed by atoms with van der Waals surface area (Å²) in [6, 6.07) is 10.1. The molecule has 1 aromatic rings. The Hall–Kier alpha value is -1.39. The van der Waals surface area contributed by atoms with E-state index >= 15 is 0 Å². The number of hydrogen-bond donors (Lipinski definition) is 1. The van der Waals surface area contributed by atoms with Crippen LogP contribution in [0.3, 0.4) is 0 Å². The SMILES string of the molecule is O=C(C1CCN(CC2CCCCC2)CC1)N(CCO)Cc1ccccc1. The second kappa shape index (κ2) is 10.1. The van der Waals surface area contributed by atoms with Gasteiger partial charge in [0.05, 0.1) is 6.61 Å². The van der Waals surface area contributed by atoms with Crippen LogP contribution < -0.4 is 0 Å². The van der Waals surface area contributed by atoms with Crippen molar-refractivity contribution in [1.29, 1.82) is 0 Å². The Labute approximate surface area is 158 Å². The molecule has 3 rings (SSSR count). The fourth-order valence-electron chi connectivity index (χ4n) is 4.55. The van der Waals surface area contributed by atoms with Crippen molar-refractivity contribution in [3.63, 3.8) is 0 Å². The van der Waals surface area contributed by atoms with Crippen molar-refractivity contribution in [3.05, 3.63) is 35.9 Å². The van der Waals surface area contributed by atoms with Gasteiger partial charge in [0, 0.05) is 25.6 Å². The van der Waals surface area contributed by atoms with Crippen molar-refractivity contribution < 1.29 is 9.90 Å². The average molecular weight is 359 g/mol. The number of aliphatic hydroxyl groups excluding tert-OH is 1. The quantitative estimate of drug-likeness (QED) is 0.813. The molecule has 26 heavy (non-hydrogen) atoms. The lowest BCUT2D eigenvalue weighted by atomic mass is 9.87. The summed E-state index contributed by atoms with van der Waals surface area (Å²) < 4.78 is 0. The first-order chi connectivity index (χ1) is 12.8. The number of likely N-dealkylation sites (tertiary alicyclic amines) is 1.